The van der Waals surface area contributed by atoms with Crippen molar-refractivity contribution >= 4 is 0 Å². The van der Waals surface area contributed by atoms with Gasteiger partial charge in [-0.2, -0.15) is 0 Å². The Hall–Kier alpha value is -0.160. The van der Waals surface area contributed by atoms with E-state index in [4.69, 9.17) is 5.73 Å². The first-order valence-electron chi connectivity index (χ1n) is 6.01. The highest BCUT2D eigenvalue weighted by Crippen LogP contribution is 2.08. The third kappa shape index (κ3) is 10.1. The molecule has 0 bridgehead atoms. The number of nitrogens with zero attached hydrogens (tertiary/aromatic N) is 1. The van der Waals surface area contributed by atoms with Gasteiger partial charge in [-0.3, -0.25) is 0 Å². The van der Waals surface area contributed by atoms with E-state index >= 15 is 0 Å². The smallest absolute Gasteiger partial charge is 0.0789 e. The van der Waals surface area contributed by atoms with E-state index in [0.717, 1.165) is 19.6 Å². The number of hydrogen-bond donors (Lipinski definition) is 3. The molecule has 4 nitrogen and oxygen atoms in total. The van der Waals surface area contributed by atoms with Gasteiger partial charge in [-0.1, -0.05) is 20.3 Å². The summed E-state index contributed by atoms with van der Waals surface area (Å²) in [6, 6.07) is 0. The molecule has 0 aliphatic carbocycles. The second-order valence-corrected chi connectivity index (χ2v) is 3.25. The highest BCUT2D eigenvalue weighted by atomic mass is 16.3. The Kier molecular flexibility index (Phi) is 15.9. The average Bonchev–Trinajstić information content (AvgIpc) is 2.35. The van der Waals surface area contributed by atoms with Gasteiger partial charge in [0.2, 0.25) is 0 Å². The summed E-state index contributed by atoms with van der Waals surface area (Å²) in [6.07, 6.45) is 3.57. The summed E-state index contributed by atoms with van der Waals surface area (Å²) in [4.78, 5) is 2.29. The third-order valence-corrected chi connectivity index (χ3v) is 2.19. The van der Waals surface area contributed by atoms with Crippen molar-refractivity contribution in [1.29, 1.82) is 0 Å². The molecule has 4 heteroatoms. The predicted molar refractivity (Wildman–Crippen MR) is 66.8 cm³/mol. The van der Waals surface area contributed by atoms with Gasteiger partial charge < -0.3 is 21.5 Å². The molecule has 0 radical (unpaired) electrons. The maximum absolute atomic E-state index is 9.24. The Bertz CT molecular complexity index is 106. The molecule has 1 atom stereocenters. The minimum absolute atomic E-state index is 0.326. The van der Waals surface area contributed by atoms with Crippen LogP contribution in [0.5, 0.6) is 0 Å². The van der Waals surface area contributed by atoms with E-state index in [1.165, 1.54) is 26.3 Å². The van der Waals surface area contributed by atoms with E-state index in [0.29, 0.717) is 6.54 Å². The van der Waals surface area contributed by atoms with Gasteiger partial charge >= 0.3 is 0 Å². The first-order chi connectivity index (χ1) is 7.33. The van der Waals surface area contributed by atoms with Crippen LogP contribution in [0.4, 0.5) is 0 Å². The molecule has 0 aromatic heterocycles. The first kappa shape index (κ1) is 17.2. The number of β-amino-alcohol motifs (C(OH)–C–C–N with tert-alkyl or cyclic N) is 1. The summed E-state index contributed by atoms with van der Waals surface area (Å²) in [5.74, 6) is 0. The molecule has 15 heavy (non-hydrogen) atoms. The van der Waals surface area contributed by atoms with Gasteiger partial charge in [-0.15, -0.1) is 0 Å². The Morgan fingerprint density at radius 2 is 1.60 bits per heavy atom. The van der Waals surface area contributed by atoms with Crippen molar-refractivity contribution in [3.8, 4) is 0 Å². The topological polar surface area (TPSA) is 75.5 Å². The number of aliphatic hydroxyl groups excluding tert-OH is 1. The second kappa shape index (κ2) is 13.8. The van der Waals surface area contributed by atoms with Gasteiger partial charge in [-0.25, -0.2) is 0 Å². The Morgan fingerprint density at radius 1 is 1.13 bits per heavy atom. The molecule has 5 N–H and O–H groups in total. The fraction of sp³-hybridized carbons (Fsp3) is 1.00. The van der Waals surface area contributed by atoms with Crippen LogP contribution in [0.25, 0.3) is 0 Å². The summed E-state index contributed by atoms with van der Waals surface area (Å²) in [5, 5.41) is 9.24. The average molecular weight is 219 g/mol. The Labute approximate surface area is 94.6 Å². The van der Waals surface area contributed by atoms with E-state index in [1.54, 1.807) is 0 Å². The molecule has 0 aromatic carbocycles. The number of nitrogens with two attached hydrogens (primary N) is 2. The van der Waals surface area contributed by atoms with Crippen LogP contribution in [0.3, 0.4) is 0 Å². The molecule has 0 aromatic rings. The molecule has 1 saturated heterocycles. The van der Waals surface area contributed by atoms with E-state index in [9.17, 15) is 5.11 Å². The third-order valence-electron chi connectivity index (χ3n) is 2.19. The standard InChI is InChI=1S/C8H18N2O.C2H6.CH5N/c9-6-8(11)7-10-4-2-1-3-5-10;2*1-2/h8,11H,1-7,9H2;1-2H3;2H2,1H3. The van der Waals surface area contributed by atoms with Crippen LogP contribution in [0.2, 0.25) is 0 Å². The molecular weight excluding hydrogens is 190 g/mol. The summed E-state index contributed by atoms with van der Waals surface area (Å²) in [5.41, 5.74) is 9.81. The zero-order chi connectivity index (χ0) is 12.1. The second-order valence-electron chi connectivity index (χ2n) is 3.25. The lowest BCUT2D eigenvalue weighted by molar-refractivity contribution is 0.107. The van der Waals surface area contributed by atoms with Crippen molar-refractivity contribution in [2.24, 2.45) is 11.5 Å². The van der Waals surface area contributed by atoms with Crippen molar-refractivity contribution < 1.29 is 5.11 Å². The summed E-state index contributed by atoms with van der Waals surface area (Å²) < 4.78 is 0. The molecule has 1 aliphatic rings. The van der Waals surface area contributed by atoms with Gasteiger partial charge in [-0.05, 0) is 33.0 Å². The predicted octanol–water partition coefficient (Wildman–Crippen LogP) is 0.393. The highest BCUT2D eigenvalue weighted by Gasteiger charge is 2.12. The van der Waals surface area contributed by atoms with Crippen LogP contribution in [-0.2, 0) is 0 Å². The summed E-state index contributed by atoms with van der Waals surface area (Å²) in [6.45, 7) is 7.42. The molecular formula is C11H29N3O. The molecule has 0 amide bonds. The van der Waals surface area contributed by atoms with E-state index < -0.39 is 0 Å². The molecule has 0 spiro atoms. The van der Waals surface area contributed by atoms with E-state index in [1.807, 2.05) is 13.8 Å². The van der Waals surface area contributed by atoms with Crippen LogP contribution in [-0.4, -0.2) is 49.3 Å². The fourth-order valence-electron chi connectivity index (χ4n) is 1.51. The summed E-state index contributed by atoms with van der Waals surface area (Å²) >= 11 is 0. The maximum atomic E-state index is 9.24. The van der Waals surface area contributed by atoms with Crippen LogP contribution >= 0.6 is 0 Å². The molecule has 1 unspecified atom stereocenters. The first-order valence-corrected chi connectivity index (χ1v) is 6.01. The maximum Gasteiger partial charge on any atom is 0.0789 e. The molecule has 1 rings (SSSR count). The number of hydrogen-bond acceptors (Lipinski definition) is 4. The van der Waals surface area contributed by atoms with Gasteiger partial charge in [0, 0.05) is 13.1 Å². The summed E-state index contributed by atoms with van der Waals surface area (Å²) in [7, 11) is 1.50. The van der Waals surface area contributed by atoms with Crippen LogP contribution in [0, 0.1) is 0 Å². The zero-order valence-electron chi connectivity index (χ0n) is 10.6. The van der Waals surface area contributed by atoms with Gasteiger partial charge in [0.1, 0.15) is 0 Å². The zero-order valence-corrected chi connectivity index (χ0v) is 10.6. The van der Waals surface area contributed by atoms with Gasteiger partial charge in [0.25, 0.3) is 0 Å². The van der Waals surface area contributed by atoms with Gasteiger partial charge in [0.15, 0.2) is 0 Å². The van der Waals surface area contributed by atoms with Crippen LogP contribution < -0.4 is 11.5 Å². The fourth-order valence-corrected chi connectivity index (χ4v) is 1.51. The SMILES string of the molecule is CC.CN.NCC(O)CN1CCCCC1. The van der Waals surface area contributed by atoms with Crippen LogP contribution in [0.15, 0.2) is 0 Å². The Morgan fingerprint density at radius 3 is 2.00 bits per heavy atom. The largest absolute Gasteiger partial charge is 0.390 e. The molecule has 1 aliphatic heterocycles. The van der Waals surface area contributed by atoms with E-state index in [2.05, 4.69) is 10.6 Å². The van der Waals surface area contributed by atoms with Crippen LogP contribution in [0.1, 0.15) is 33.1 Å². The minimum atomic E-state index is -0.326. The Balaban J connectivity index is 0. The van der Waals surface area contributed by atoms with Gasteiger partial charge in [0.05, 0.1) is 6.10 Å². The lowest BCUT2D eigenvalue weighted by Gasteiger charge is -2.27. The number of rotatable bonds is 3. The monoisotopic (exact) mass is 219 g/mol. The lowest BCUT2D eigenvalue weighted by atomic mass is 10.1. The molecule has 1 heterocycles. The quantitative estimate of drug-likeness (QED) is 0.642. The number of likely N-dealkylation sites (tertiary alicyclic amines) is 1. The highest BCUT2D eigenvalue weighted by molar-refractivity contribution is 4.68. The molecule has 1 fully saturated rings. The van der Waals surface area contributed by atoms with Crippen molar-refractivity contribution in [3.05, 3.63) is 0 Å². The number of piperidine rings is 1. The van der Waals surface area contributed by atoms with Crippen molar-refractivity contribution in [3.63, 3.8) is 0 Å². The van der Waals surface area contributed by atoms with Crippen molar-refractivity contribution in [1.82, 2.24) is 4.90 Å². The van der Waals surface area contributed by atoms with Crippen molar-refractivity contribution in [2.45, 2.75) is 39.2 Å². The normalized spacial score (nSPS) is 18.0. The van der Waals surface area contributed by atoms with Crippen molar-refractivity contribution in [2.75, 3.05) is 33.2 Å². The number of aliphatic hydroxyl groups is 1. The lowest BCUT2D eigenvalue weighted by Crippen LogP contribution is -2.39. The minimum Gasteiger partial charge on any atom is -0.390 e. The molecule has 0 saturated carbocycles. The van der Waals surface area contributed by atoms with E-state index in [-0.39, 0.29) is 6.10 Å². The molecule has 94 valence electrons.